The quantitative estimate of drug-likeness (QED) is 0.439. The number of rotatable bonds is 8. The highest BCUT2D eigenvalue weighted by molar-refractivity contribution is 5.20. The summed E-state index contributed by atoms with van der Waals surface area (Å²) in [5, 5.41) is 0. The van der Waals surface area contributed by atoms with Gasteiger partial charge in [-0.1, -0.05) is 6.07 Å². The van der Waals surface area contributed by atoms with Crippen LogP contribution >= 0.6 is 0 Å². The maximum atomic E-state index is 5.50. The van der Waals surface area contributed by atoms with Crippen LogP contribution in [0.4, 0.5) is 0 Å². The topological polar surface area (TPSA) is 135 Å². The van der Waals surface area contributed by atoms with E-state index in [1.54, 1.807) is 18.2 Å². The maximum Gasteiger partial charge on any atom is 0.216 e. The van der Waals surface area contributed by atoms with E-state index in [2.05, 4.69) is 4.98 Å². The normalized spacial score (nSPS) is 11.0. The van der Waals surface area contributed by atoms with E-state index in [4.69, 9.17) is 32.4 Å². The van der Waals surface area contributed by atoms with Crippen LogP contribution in [-0.2, 0) is 0 Å². The lowest BCUT2D eigenvalue weighted by Gasteiger charge is -2.17. The van der Waals surface area contributed by atoms with Gasteiger partial charge in [0.2, 0.25) is 11.8 Å². The molecule has 0 aliphatic heterocycles. The Morgan fingerprint density at radius 1 is 0.833 bits per heavy atom. The second kappa shape index (κ2) is 7.83. The van der Waals surface area contributed by atoms with Crippen molar-refractivity contribution >= 4 is 0 Å². The molecule has 18 heavy (non-hydrogen) atoms. The fourth-order valence-electron chi connectivity index (χ4n) is 1.25. The molecule has 0 spiro atoms. The highest BCUT2D eigenvalue weighted by Gasteiger charge is 2.10. The Bertz CT molecular complexity index is 313. The molecule has 7 nitrogen and oxygen atoms in total. The zero-order valence-corrected chi connectivity index (χ0v) is 10.3. The van der Waals surface area contributed by atoms with E-state index >= 15 is 0 Å². The predicted octanol–water partition coefficient (Wildman–Crippen LogP) is -1.59. The van der Waals surface area contributed by atoms with Gasteiger partial charge in [-0.3, -0.25) is 0 Å². The van der Waals surface area contributed by atoms with Crippen LogP contribution in [0.1, 0.15) is 0 Å². The summed E-state index contributed by atoms with van der Waals surface area (Å²) in [6.45, 7) is 1.32. The SMILES string of the molecule is NCC(CN)Oc1cccc(OC(CN)CN)n1. The third kappa shape index (κ3) is 4.46. The van der Waals surface area contributed by atoms with Crippen LogP contribution in [0.3, 0.4) is 0 Å². The molecule has 1 aromatic heterocycles. The first-order valence-electron chi connectivity index (χ1n) is 5.84. The van der Waals surface area contributed by atoms with Gasteiger partial charge < -0.3 is 32.4 Å². The number of aromatic nitrogens is 1. The summed E-state index contributed by atoms with van der Waals surface area (Å²) in [4.78, 5) is 4.18. The standard InChI is InChI=1S/C11H21N5O2/c12-4-8(5-13)17-10-2-1-3-11(16-10)18-9(6-14)7-15/h1-3,8-9H,4-7,12-15H2. The van der Waals surface area contributed by atoms with Crippen molar-refractivity contribution in [2.45, 2.75) is 12.2 Å². The molecule has 102 valence electrons. The van der Waals surface area contributed by atoms with Crippen LogP contribution in [0.25, 0.3) is 0 Å². The average molecular weight is 255 g/mol. The summed E-state index contributed by atoms with van der Waals surface area (Å²) < 4.78 is 11.0. The first-order chi connectivity index (χ1) is 8.73. The van der Waals surface area contributed by atoms with Crippen LogP contribution < -0.4 is 32.4 Å². The number of nitrogens with zero attached hydrogens (tertiary/aromatic N) is 1. The minimum atomic E-state index is -0.257. The first kappa shape index (κ1) is 14.7. The summed E-state index contributed by atoms with van der Waals surface area (Å²) >= 11 is 0. The summed E-state index contributed by atoms with van der Waals surface area (Å²) in [7, 11) is 0. The van der Waals surface area contributed by atoms with Gasteiger partial charge in [0.15, 0.2) is 0 Å². The Balaban J connectivity index is 2.66. The van der Waals surface area contributed by atoms with Gasteiger partial charge in [-0.15, -0.1) is 0 Å². The second-order valence-electron chi connectivity index (χ2n) is 3.74. The van der Waals surface area contributed by atoms with Crippen LogP contribution in [0.2, 0.25) is 0 Å². The van der Waals surface area contributed by atoms with E-state index in [9.17, 15) is 0 Å². The summed E-state index contributed by atoms with van der Waals surface area (Å²) in [5.74, 6) is 0.836. The molecule has 0 aromatic carbocycles. The Morgan fingerprint density at radius 3 is 1.56 bits per heavy atom. The third-order valence-corrected chi connectivity index (χ3v) is 2.32. The Morgan fingerprint density at radius 2 is 1.22 bits per heavy atom. The molecule has 0 atom stereocenters. The molecule has 0 aliphatic rings. The molecule has 0 radical (unpaired) electrons. The minimum absolute atomic E-state index is 0.257. The molecule has 0 amide bonds. The lowest BCUT2D eigenvalue weighted by Crippen LogP contribution is -2.35. The molecule has 1 rings (SSSR count). The highest BCUT2D eigenvalue weighted by Crippen LogP contribution is 2.15. The molecule has 7 heteroatoms. The van der Waals surface area contributed by atoms with Gasteiger partial charge in [-0.2, -0.15) is 4.98 Å². The summed E-state index contributed by atoms with van der Waals surface area (Å²) in [5.41, 5.74) is 22.0. The predicted molar refractivity (Wildman–Crippen MR) is 69.3 cm³/mol. The van der Waals surface area contributed by atoms with E-state index in [0.29, 0.717) is 37.9 Å². The Kier molecular flexibility index (Phi) is 6.37. The zero-order valence-electron chi connectivity index (χ0n) is 10.3. The fourth-order valence-corrected chi connectivity index (χ4v) is 1.25. The molecular formula is C11H21N5O2. The molecule has 0 saturated heterocycles. The van der Waals surface area contributed by atoms with Crippen molar-refractivity contribution in [1.29, 1.82) is 0 Å². The van der Waals surface area contributed by atoms with E-state index in [-0.39, 0.29) is 12.2 Å². The van der Waals surface area contributed by atoms with Gasteiger partial charge in [-0.25, -0.2) is 0 Å². The van der Waals surface area contributed by atoms with Gasteiger partial charge in [0.05, 0.1) is 0 Å². The minimum Gasteiger partial charge on any atom is -0.472 e. The summed E-state index contributed by atoms with van der Waals surface area (Å²) in [6, 6.07) is 5.20. The number of nitrogens with two attached hydrogens (primary N) is 4. The fraction of sp³-hybridized carbons (Fsp3) is 0.545. The van der Waals surface area contributed by atoms with Crippen LogP contribution in [0.15, 0.2) is 18.2 Å². The van der Waals surface area contributed by atoms with E-state index in [0.717, 1.165) is 0 Å². The molecule has 0 bridgehead atoms. The van der Waals surface area contributed by atoms with Crippen molar-refractivity contribution in [3.8, 4) is 11.8 Å². The van der Waals surface area contributed by atoms with Crippen molar-refractivity contribution in [2.24, 2.45) is 22.9 Å². The van der Waals surface area contributed by atoms with E-state index < -0.39 is 0 Å². The van der Waals surface area contributed by atoms with Crippen molar-refractivity contribution in [3.05, 3.63) is 18.2 Å². The lowest BCUT2D eigenvalue weighted by molar-refractivity contribution is 0.189. The smallest absolute Gasteiger partial charge is 0.216 e. The molecule has 1 aromatic rings. The lowest BCUT2D eigenvalue weighted by atomic mass is 10.3. The van der Waals surface area contributed by atoms with Gasteiger partial charge in [0, 0.05) is 38.3 Å². The molecule has 0 unspecified atom stereocenters. The Labute approximate surface area is 106 Å². The van der Waals surface area contributed by atoms with Crippen molar-refractivity contribution < 1.29 is 9.47 Å². The van der Waals surface area contributed by atoms with Crippen LogP contribution in [-0.4, -0.2) is 43.4 Å². The molecule has 0 saturated carbocycles. The van der Waals surface area contributed by atoms with Gasteiger partial charge in [-0.05, 0) is 0 Å². The monoisotopic (exact) mass is 255 g/mol. The summed E-state index contributed by atoms with van der Waals surface area (Å²) in [6.07, 6.45) is -0.514. The molecule has 8 N–H and O–H groups in total. The number of hydrogen-bond donors (Lipinski definition) is 4. The zero-order chi connectivity index (χ0) is 13.4. The molecule has 1 heterocycles. The van der Waals surface area contributed by atoms with Crippen molar-refractivity contribution in [3.63, 3.8) is 0 Å². The number of pyridine rings is 1. The van der Waals surface area contributed by atoms with Gasteiger partial charge in [0.25, 0.3) is 0 Å². The van der Waals surface area contributed by atoms with E-state index in [1.807, 2.05) is 0 Å². The average Bonchev–Trinajstić information content (AvgIpc) is 2.42. The second-order valence-corrected chi connectivity index (χ2v) is 3.74. The van der Waals surface area contributed by atoms with Gasteiger partial charge >= 0.3 is 0 Å². The highest BCUT2D eigenvalue weighted by atomic mass is 16.5. The van der Waals surface area contributed by atoms with Gasteiger partial charge in [0.1, 0.15) is 12.2 Å². The third-order valence-electron chi connectivity index (χ3n) is 2.32. The molecule has 0 aliphatic carbocycles. The Hall–Kier alpha value is -1.41. The molecular weight excluding hydrogens is 234 g/mol. The largest absolute Gasteiger partial charge is 0.472 e. The van der Waals surface area contributed by atoms with Crippen LogP contribution in [0.5, 0.6) is 11.8 Å². The molecule has 0 fully saturated rings. The maximum absolute atomic E-state index is 5.50. The number of hydrogen-bond acceptors (Lipinski definition) is 7. The van der Waals surface area contributed by atoms with E-state index in [1.165, 1.54) is 0 Å². The first-order valence-corrected chi connectivity index (χ1v) is 5.84. The number of ether oxygens (including phenoxy) is 2. The van der Waals surface area contributed by atoms with Crippen molar-refractivity contribution in [2.75, 3.05) is 26.2 Å². The van der Waals surface area contributed by atoms with Crippen molar-refractivity contribution in [1.82, 2.24) is 4.98 Å². The van der Waals surface area contributed by atoms with Crippen LogP contribution in [0, 0.1) is 0 Å².